The summed E-state index contributed by atoms with van der Waals surface area (Å²) < 4.78 is 0. The first-order valence-electron chi connectivity index (χ1n) is 21.5. The third-order valence-electron chi connectivity index (χ3n) is 17.2. The molecule has 0 N–H and O–H groups in total. The van der Waals surface area contributed by atoms with Crippen LogP contribution in [0.5, 0.6) is 0 Å². The van der Waals surface area contributed by atoms with Gasteiger partial charge in [0, 0.05) is 0 Å². The summed E-state index contributed by atoms with van der Waals surface area (Å²) in [7, 11) is 0. The van der Waals surface area contributed by atoms with Crippen molar-refractivity contribution in [1.29, 1.82) is 21.0 Å². The number of nitriles is 4. The lowest BCUT2D eigenvalue weighted by Gasteiger charge is -2.09. The molecule has 0 heterocycles. The Bertz CT molecular complexity index is 1270. The number of rotatable bonds is 12. The maximum absolute atomic E-state index is 8.78. The normalized spacial score (nSPS) is 45.4. The third-order valence-corrected chi connectivity index (χ3v) is 17.2. The predicted octanol–water partition coefficient (Wildman–Crippen LogP) is 13.4. The maximum Gasteiger partial charge on any atom is 0.0661 e. The highest BCUT2D eigenvalue weighted by Crippen LogP contribution is 2.63. The van der Waals surface area contributed by atoms with E-state index in [9.17, 15) is 0 Å². The molecule has 0 spiro atoms. The Morgan fingerprint density at radius 3 is 0.577 bits per heavy atom. The van der Waals surface area contributed by atoms with Crippen molar-refractivity contribution in [3.63, 3.8) is 0 Å². The van der Waals surface area contributed by atoms with E-state index in [-0.39, 0.29) is 0 Å². The SMILES string of the molecule is CC1(C)CC1CC[C@@]1(C)C[C@@H]1C#N.CC1(C)CC1CC[C@@]1(C)C[C@@H]1C#N.CC1(C)CC1CC[C@]1(C)C[C@H]1C#N.CC1(C)CC1CC[C@]1(C)C[C@H]1C#N. The van der Waals surface area contributed by atoms with Gasteiger partial charge in [-0.05, 0) is 170 Å². The molecule has 0 aromatic heterocycles. The molecule has 0 amide bonds. The van der Waals surface area contributed by atoms with Crippen molar-refractivity contribution >= 4 is 0 Å². The summed E-state index contributed by atoms with van der Waals surface area (Å²) in [5.41, 5.74) is 4.06. The van der Waals surface area contributed by atoms with Crippen LogP contribution in [-0.2, 0) is 0 Å². The van der Waals surface area contributed by atoms with Gasteiger partial charge in [0.15, 0.2) is 0 Å². The van der Waals surface area contributed by atoms with E-state index in [4.69, 9.17) is 21.0 Å². The molecular weight excluding hydrogens is 633 g/mol. The van der Waals surface area contributed by atoms with Gasteiger partial charge >= 0.3 is 0 Å². The van der Waals surface area contributed by atoms with Crippen LogP contribution in [-0.4, -0.2) is 0 Å². The molecule has 0 bridgehead atoms. The summed E-state index contributed by atoms with van der Waals surface area (Å²) in [5, 5.41) is 35.1. The van der Waals surface area contributed by atoms with Gasteiger partial charge in [-0.2, -0.15) is 21.0 Å². The van der Waals surface area contributed by atoms with Crippen LogP contribution in [0.1, 0.15) is 186 Å². The van der Waals surface area contributed by atoms with Crippen LogP contribution >= 0.6 is 0 Å². The van der Waals surface area contributed by atoms with Gasteiger partial charge in [0.1, 0.15) is 0 Å². The predicted molar refractivity (Wildman–Crippen MR) is 212 cm³/mol. The first-order valence-corrected chi connectivity index (χ1v) is 21.5. The van der Waals surface area contributed by atoms with Gasteiger partial charge in [-0.1, -0.05) is 83.1 Å². The lowest BCUT2D eigenvalue weighted by Crippen LogP contribution is -1.99. The Morgan fingerprint density at radius 1 is 0.327 bits per heavy atom. The Balaban J connectivity index is 0.000000134. The molecule has 288 valence electrons. The van der Waals surface area contributed by atoms with Crippen LogP contribution in [0.15, 0.2) is 0 Å². The molecule has 8 fully saturated rings. The molecule has 8 rings (SSSR count). The smallest absolute Gasteiger partial charge is 0.0661 e. The van der Waals surface area contributed by atoms with Crippen molar-refractivity contribution < 1.29 is 0 Å². The second kappa shape index (κ2) is 13.9. The van der Waals surface area contributed by atoms with Gasteiger partial charge in [0.05, 0.1) is 47.9 Å². The second-order valence-electron chi connectivity index (χ2n) is 23.9. The van der Waals surface area contributed by atoms with Crippen LogP contribution in [0.2, 0.25) is 0 Å². The fourth-order valence-corrected chi connectivity index (χ4v) is 9.83. The first kappa shape index (κ1) is 41.1. The summed E-state index contributed by atoms with van der Waals surface area (Å²) in [6.07, 6.45) is 20.7. The Labute approximate surface area is 320 Å². The maximum atomic E-state index is 8.78. The van der Waals surface area contributed by atoms with Crippen molar-refractivity contribution in [3.8, 4) is 24.3 Å². The standard InChI is InChI=1S/4C12H19N/c4*1-11(2)6-9(11)4-5-12(3)7-10(12)8-13/h4*9-10H,4-7H2,1-3H3/t4*9?,10-,12+/m1100/s1. The van der Waals surface area contributed by atoms with Crippen molar-refractivity contribution in [2.24, 2.45) is 90.7 Å². The first-order chi connectivity index (χ1) is 23.9. The topological polar surface area (TPSA) is 95.2 Å². The lowest BCUT2D eigenvalue weighted by molar-refractivity contribution is 0.422. The molecule has 4 unspecified atom stereocenters. The molecule has 0 aromatic rings. The molecule has 8 saturated carbocycles. The van der Waals surface area contributed by atoms with Gasteiger partial charge in [-0.3, -0.25) is 0 Å². The van der Waals surface area contributed by atoms with Crippen LogP contribution in [0, 0.1) is 136 Å². The quantitative estimate of drug-likeness (QED) is 0.202. The highest BCUT2D eigenvalue weighted by Gasteiger charge is 2.55. The molecule has 52 heavy (non-hydrogen) atoms. The van der Waals surface area contributed by atoms with Crippen molar-refractivity contribution in [2.45, 2.75) is 186 Å². The van der Waals surface area contributed by atoms with E-state index < -0.39 is 0 Å². The van der Waals surface area contributed by atoms with Gasteiger partial charge < -0.3 is 0 Å². The van der Waals surface area contributed by atoms with E-state index in [1.54, 1.807) is 0 Å². The molecule has 4 heteroatoms. The fourth-order valence-electron chi connectivity index (χ4n) is 9.83. The van der Waals surface area contributed by atoms with Gasteiger partial charge in [0.2, 0.25) is 0 Å². The highest BCUT2D eigenvalue weighted by molar-refractivity contribution is 5.13. The van der Waals surface area contributed by atoms with Gasteiger partial charge in [0.25, 0.3) is 0 Å². The Kier molecular flexibility index (Phi) is 11.0. The summed E-state index contributed by atoms with van der Waals surface area (Å²) in [6.45, 7) is 27.9. The van der Waals surface area contributed by atoms with Crippen molar-refractivity contribution in [2.75, 3.05) is 0 Å². The fraction of sp³-hybridized carbons (Fsp3) is 0.917. The van der Waals surface area contributed by atoms with Crippen LogP contribution in [0.25, 0.3) is 0 Å². The molecule has 8 aliphatic rings. The minimum absolute atomic E-state index is 0.370. The Hall–Kier alpha value is -2.04. The highest BCUT2D eigenvalue weighted by atomic mass is 14.6. The zero-order valence-corrected chi connectivity index (χ0v) is 35.7. The largest absolute Gasteiger partial charge is 0.198 e. The average molecular weight is 709 g/mol. The van der Waals surface area contributed by atoms with E-state index in [2.05, 4.69) is 107 Å². The average Bonchev–Trinajstić information content (AvgIpc) is 3.79. The van der Waals surface area contributed by atoms with E-state index >= 15 is 0 Å². The zero-order chi connectivity index (χ0) is 38.8. The van der Waals surface area contributed by atoms with E-state index in [1.165, 1.54) is 77.0 Å². The van der Waals surface area contributed by atoms with Gasteiger partial charge in [-0.25, -0.2) is 0 Å². The van der Waals surface area contributed by atoms with Crippen molar-refractivity contribution in [1.82, 2.24) is 0 Å². The van der Waals surface area contributed by atoms with E-state index in [0.29, 0.717) is 67.0 Å². The number of nitrogens with zero attached hydrogens (tertiary/aromatic N) is 4. The molecular formula is C48H76N4. The van der Waals surface area contributed by atoms with E-state index in [0.717, 1.165) is 49.4 Å². The molecule has 0 radical (unpaired) electrons. The van der Waals surface area contributed by atoms with E-state index in [1.807, 2.05) is 0 Å². The minimum Gasteiger partial charge on any atom is -0.198 e. The molecule has 0 aromatic carbocycles. The summed E-state index contributed by atoms with van der Waals surface area (Å²) in [6, 6.07) is 9.58. The van der Waals surface area contributed by atoms with Crippen LogP contribution in [0.3, 0.4) is 0 Å². The second-order valence-corrected chi connectivity index (χ2v) is 23.9. The molecule has 8 aliphatic carbocycles. The molecule has 12 atom stereocenters. The summed E-state index contributed by atoms with van der Waals surface area (Å²) in [5.74, 6) is 5.27. The summed E-state index contributed by atoms with van der Waals surface area (Å²) >= 11 is 0. The Morgan fingerprint density at radius 2 is 0.481 bits per heavy atom. The molecule has 0 saturated heterocycles. The van der Waals surface area contributed by atoms with Crippen molar-refractivity contribution in [3.05, 3.63) is 0 Å². The van der Waals surface area contributed by atoms with Gasteiger partial charge in [-0.15, -0.1) is 0 Å². The van der Waals surface area contributed by atoms with Crippen LogP contribution in [0.4, 0.5) is 0 Å². The minimum atomic E-state index is 0.370. The third kappa shape index (κ3) is 10.2. The summed E-state index contributed by atoms with van der Waals surface area (Å²) in [4.78, 5) is 0. The lowest BCUT2D eigenvalue weighted by atomic mass is 9.96. The monoisotopic (exact) mass is 709 g/mol. The van der Waals surface area contributed by atoms with Crippen LogP contribution < -0.4 is 0 Å². The number of hydrogen-bond acceptors (Lipinski definition) is 4. The number of hydrogen-bond donors (Lipinski definition) is 0. The zero-order valence-electron chi connectivity index (χ0n) is 35.7. The molecule has 4 nitrogen and oxygen atoms in total. The molecule has 0 aliphatic heterocycles.